The fourth-order valence-corrected chi connectivity index (χ4v) is 2.96. The Balaban J connectivity index is 1.59. The lowest BCUT2D eigenvalue weighted by Crippen LogP contribution is -2.36. The molecule has 1 unspecified atom stereocenters. The number of aromatic nitrogens is 2. The van der Waals surface area contributed by atoms with Gasteiger partial charge in [-0.05, 0) is 55.7 Å². The largest absolute Gasteiger partial charge is 0.334 e. The lowest BCUT2D eigenvalue weighted by molar-refractivity contribution is 0.237. The smallest absolute Gasteiger partial charge is 0.315 e. The van der Waals surface area contributed by atoms with Gasteiger partial charge >= 0.3 is 6.03 Å². The molecule has 5 nitrogen and oxygen atoms in total. The van der Waals surface area contributed by atoms with Crippen LogP contribution in [0.1, 0.15) is 35.2 Å². The van der Waals surface area contributed by atoms with Gasteiger partial charge in [-0.3, -0.25) is 0 Å². The molecule has 0 saturated carbocycles. The zero-order valence-electron chi connectivity index (χ0n) is 15.4. The van der Waals surface area contributed by atoms with Crippen LogP contribution in [0.25, 0.3) is 5.69 Å². The van der Waals surface area contributed by atoms with Crippen LogP contribution in [0.2, 0.25) is 0 Å². The summed E-state index contributed by atoms with van der Waals surface area (Å²) in [7, 11) is 0. The van der Waals surface area contributed by atoms with E-state index in [0.29, 0.717) is 6.54 Å². The second-order valence-electron chi connectivity index (χ2n) is 6.53. The first-order valence-electron chi connectivity index (χ1n) is 8.73. The minimum absolute atomic E-state index is 0.0506. The molecule has 0 aliphatic carbocycles. The second-order valence-corrected chi connectivity index (χ2v) is 6.53. The molecule has 1 atom stereocenters. The van der Waals surface area contributed by atoms with Crippen LogP contribution in [0.3, 0.4) is 0 Å². The summed E-state index contributed by atoms with van der Waals surface area (Å²) in [6, 6.07) is 15.9. The molecule has 0 aliphatic heterocycles. The molecule has 2 N–H and O–H groups in total. The fourth-order valence-electron chi connectivity index (χ4n) is 2.96. The second kappa shape index (κ2) is 7.87. The number of hydrogen-bond donors (Lipinski definition) is 2. The number of hydrogen-bond acceptors (Lipinski definition) is 2. The third-order valence-electron chi connectivity index (χ3n) is 4.38. The zero-order valence-corrected chi connectivity index (χ0v) is 15.4. The van der Waals surface area contributed by atoms with E-state index in [4.69, 9.17) is 0 Å². The van der Waals surface area contributed by atoms with Crippen molar-refractivity contribution < 1.29 is 4.79 Å². The first kappa shape index (κ1) is 17.7. The summed E-state index contributed by atoms with van der Waals surface area (Å²) in [5.74, 6) is 0. The van der Waals surface area contributed by atoms with Gasteiger partial charge in [0.05, 0.1) is 11.7 Å². The highest BCUT2D eigenvalue weighted by molar-refractivity contribution is 5.74. The number of nitrogens with zero attached hydrogens (tertiary/aromatic N) is 2. The predicted molar refractivity (Wildman–Crippen MR) is 103 cm³/mol. The molecule has 0 spiro atoms. The molecule has 0 saturated heterocycles. The maximum Gasteiger partial charge on any atom is 0.315 e. The molecule has 2 amide bonds. The van der Waals surface area contributed by atoms with Crippen LogP contribution in [0.4, 0.5) is 4.79 Å². The van der Waals surface area contributed by atoms with Crippen LogP contribution in [0.5, 0.6) is 0 Å². The molecule has 1 aromatic heterocycles. The third-order valence-corrected chi connectivity index (χ3v) is 4.38. The average Bonchev–Trinajstić information content (AvgIpc) is 3.17. The summed E-state index contributed by atoms with van der Waals surface area (Å²) in [4.78, 5) is 12.3. The van der Waals surface area contributed by atoms with E-state index in [0.717, 1.165) is 16.8 Å². The van der Waals surface area contributed by atoms with Crippen molar-refractivity contribution in [1.82, 2.24) is 20.4 Å². The van der Waals surface area contributed by atoms with E-state index in [1.165, 1.54) is 11.1 Å². The number of amides is 2. The topological polar surface area (TPSA) is 59.0 Å². The number of carbonyl (C=O) groups is 1. The van der Waals surface area contributed by atoms with Crippen molar-refractivity contribution in [2.75, 3.05) is 0 Å². The van der Waals surface area contributed by atoms with Gasteiger partial charge in [-0.25, -0.2) is 9.48 Å². The zero-order chi connectivity index (χ0) is 18.5. The Labute approximate surface area is 154 Å². The van der Waals surface area contributed by atoms with Gasteiger partial charge < -0.3 is 10.6 Å². The van der Waals surface area contributed by atoms with E-state index in [1.54, 1.807) is 10.9 Å². The van der Waals surface area contributed by atoms with Gasteiger partial charge in [0, 0.05) is 18.9 Å². The van der Waals surface area contributed by atoms with E-state index < -0.39 is 0 Å². The molecule has 5 heteroatoms. The Morgan fingerprint density at radius 1 is 1.15 bits per heavy atom. The maximum atomic E-state index is 12.3. The Morgan fingerprint density at radius 3 is 2.77 bits per heavy atom. The molecule has 0 bridgehead atoms. The number of rotatable bonds is 5. The van der Waals surface area contributed by atoms with Crippen LogP contribution >= 0.6 is 0 Å². The molecule has 3 rings (SSSR count). The monoisotopic (exact) mass is 348 g/mol. The molecule has 0 radical (unpaired) electrons. The number of aryl methyl sites for hydroxylation is 2. The van der Waals surface area contributed by atoms with E-state index in [1.807, 2.05) is 43.5 Å². The van der Waals surface area contributed by atoms with Crippen molar-refractivity contribution in [3.05, 3.63) is 83.2 Å². The maximum absolute atomic E-state index is 12.3. The van der Waals surface area contributed by atoms with Crippen LogP contribution in [0.15, 0.2) is 60.9 Å². The van der Waals surface area contributed by atoms with Crippen molar-refractivity contribution in [2.24, 2.45) is 0 Å². The summed E-state index contributed by atoms with van der Waals surface area (Å²) in [6.45, 7) is 6.58. The highest BCUT2D eigenvalue weighted by Crippen LogP contribution is 2.18. The summed E-state index contributed by atoms with van der Waals surface area (Å²) < 4.78 is 1.80. The average molecular weight is 348 g/mol. The van der Waals surface area contributed by atoms with Crippen LogP contribution in [-0.4, -0.2) is 15.8 Å². The van der Waals surface area contributed by atoms with Crippen molar-refractivity contribution >= 4 is 6.03 Å². The lowest BCUT2D eigenvalue weighted by atomic mass is 10.0. The summed E-state index contributed by atoms with van der Waals surface area (Å²) >= 11 is 0. The molecule has 26 heavy (non-hydrogen) atoms. The summed E-state index contributed by atoms with van der Waals surface area (Å²) in [6.07, 6.45) is 3.64. The molecule has 2 aromatic carbocycles. The summed E-state index contributed by atoms with van der Waals surface area (Å²) in [5.41, 5.74) is 5.50. The number of nitrogens with one attached hydrogen (secondary N) is 2. The molecule has 134 valence electrons. The number of carbonyl (C=O) groups excluding carboxylic acids is 1. The third kappa shape index (κ3) is 4.30. The highest BCUT2D eigenvalue weighted by atomic mass is 16.2. The first-order chi connectivity index (χ1) is 12.5. The Bertz CT molecular complexity index is 887. The van der Waals surface area contributed by atoms with Gasteiger partial charge in [0.2, 0.25) is 0 Å². The fraction of sp³-hybridized carbons (Fsp3) is 0.238. The van der Waals surface area contributed by atoms with Gasteiger partial charge in [-0.2, -0.15) is 5.10 Å². The quantitative estimate of drug-likeness (QED) is 0.731. The SMILES string of the molecule is Cc1ccc(C)c(C(C)NC(=O)NCc2cccc(-n3cccn3)c2)c1. The van der Waals surface area contributed by atoms with Crippen molar-refractivity contribution in [2.45, 2.75) is 33.4 Å². The minimum Gasteiger partial charge on any atom is -0.334 e. The normalized spacial score (nSPS) is 11.8. The standard InChI is InChI=1S/C21H24N4O/c1-15-8-9-16(2)20(12-15)17(3)24-21(26)22-14-18-6-4-7-19(13-18)25-11-5-10-23-25/h4-13,17H,14H2,1-3H3,(H2,22,24,26). The molecule has 0 aliphatic rings. The van der Waals surface area contributed by atoms with Crippen molar-refractivity contribution in [3.63, 3.8) is 0 Å². The highest BCUT2D eigenvalue weighted by Gasteiger charge is 2.11. The lowest BCUT2D eigenvalue weighted by Gasteiger charge is -2.18. The molecule has 1 heterocycles. The van der Waals surface area contributed by atoms with Gasteiger partial charge in [0.15, 0.2) is 0 Å². The van der Waals surface area contributed by atoms with Crippen molar-refractivity contribution in [1.29, 1.82) is 0 Å². The van der Waals surface area contributed by atoms with Gasteiger partial charge in [0.1, 0.15) is 0 Å². The number of urea groups is 1. The van der Waals surface area contributed by atoms with E-state index in [-0.39, 0.29) is 12.1 Å². The Hall–Kier alpha value is -3.08. The molecular weight excluding hydrogens is 324 g/mol. The van der Waals surface area contributed by atoms with Gasteiger partial charge in [0.25, 0.3) is 0 Å². The van der Waals surface area contributed by atoms with E-state index in [2.05, 4.69) is 47.8 Å². The minimum atomic E-state index is -0.178. The van der Waals surface area contributed by atoms with E-state index >= 15 is 0 Å². The molecular formula is C21H24N4O. The first-order valence-corrected chi connectivity index (χ1v) is 8.73. The van der Waals surface area contributed by atoms with Crippen LogP contribution in [0, 0.1) is 13.8 Å². The molecule has 0 fully saturated rings. The predicted octanol–water partition coefficient (Wildman–Crippen LogP) is 4.05. The van der Waals surface area contributed by atoms with Crippen LogP contribution < -0.4 is 10.6 Å². The Kier molecular flexibility index (Phi) is 5.37. The van der Waals surface area contributed by atoms with Gasteiger partial charge in [-0.1, -0.05) is 35.9 Å². The summed E-state index contributed by atoms with van der Waals surface area (Å²) in [5, 5.41) is 10.2. The van der Waals surface area contributed by atoms with Crippen molar-refractivity contribution in [3.8, 4) is 5.69 Å². The van der Waals surface area contributed by atoms with E-state index in [9.17, 15) is 4.79 Å². The van der Waals surface area contributed by atoms with Crippen LogP contribution in [-0.2, 0) is 6.54 Å². The Morgan fingerprint density at radius 2 is 2.00 bits per heavy atom. The molecule has 3 aromatic rings. The number of benzene rings is 2. The van der Waals surface area contributed by atoms with Gasteiger partial charge in [-0.15, -0.1) is 0 Å².